The summed E-state index contributed by atoms with van der Waals surface area (Å²) in [6.45, 7) is 7.06. The predicted octanol–water partition coefficient (Wildman–Crippen LogP) is 3.28. The van der Waals surface area contributed by atoms with Crippen LogP contribution in [0.15, 0.2) is 24.3 Å². The van der Waals surface area contributed by atoms with Gasteiger partial charge in [-0.1, -0.05) is 31.2 Å². The Morgan fingerprint density at radius 2 is 1.86 bits per heavy atom. The van der Waals surface area contributed by atoms with E-state index in [9.17, 15) is 0 Å². The van der Waals surface area contributed by atoms with Gasteiger partial charge in [-0.05, 0) is 37.8 Å². The summed E-state index contributed by atoms with van der Waals surface area (Å²) in [5, 5.41) is 3.40. The third kappa shape index (κ3) is 3.94. The molecule has 21 heavy (non-hydrogen) atoms. The SMILES string of the molecule is CCCc1nc(N)c(C)c(NCCc2ccccc2C)n1. The smallest absolute Gasteiger partial charge is 0.134 e. The molecular formula is C17H24N4. The van der Waals surface area contributed by atoms with Crippen LogP contribution >= 0.6 is 0 Å². The molecule has 0 saturated carbocycles. The third-order valence-electron chi connectivity index (χ3n) is 3.65. The van der Waals surface area contributed by atoms with Crippen molar-refractivity contribution in [1.29, 1.82) is 0 Å². The first kappa shape index (κ1) is 15.3. The summed E-state index contributed by atoms with van der Waals surface area (Å²) in [5.74, 6) is 2.25. The Labute approximate surface area is 126 Å². The van der Waals surface area contributed by atoms with Crippen LogP contribution in [0.2, 0.25) is 0 Å². The van der Waals surface area contributed by atoms with Gasteiger partial charge in [-0.25, -0.2) is 9.97 Å². The minimum atomic E-state index is 0.576. The Morgan fingerprint density at radius 3 is 2.57 bits per heavy atom. The van der Waals surface area contributed by atoms with Gasteiger partial charge < -0.3 is 11.1 Å². The lowest BCUT2D eigenvalue weighted by molar-refractivity contribution is 0.832. The fourth-order valence-corrected chi connectivity index (χ4v) is 2.30. The number of nitrogens with one attached hydrogen (secondary N) is 1. The van der Waals surface area contributed by atoms with Crippen molar-refractivity contribution >= 4 is 11.6 Å². The van der Waals surface area contributed by atoms with Gasteiger partial charge in [0.25, 0.3) is 0 Å². The quantitative estimate of drug-likeness (QED) is 0.854. The van der Waals surface area contributed by atoms with Gasteiger partial charge in [0.15, 0.2) is 0 Å². The first-order valence-electron chi connectivity index (χ1n) is 7.53. The van der Waals surface area contributed by atoms with Crippen molar-refractivity contribution in [1.82, 2.24) is 9.97 Å². The molecule has 4 heteroatoms. The van der Waals surface area contributed by atoms with E-state index in [1.54, 1.807) is 0 Å². The van der Waals surface area contributed by atoms with Crippen molar-refractivity contribution in [3.05, 3.63) is 46.8 Å². The summed E-state index contributed by atoms with van der Waals surface area (Å²) in [6, 6.07) is 8.46. The normalized spacial score (nSPS) is 10.6. The predicted molar refractivity (Wildman–Crippen MR) is 88.5 cm³/mol. The highest BCUT2D eigenvalue weighted by Gasteiger charge is 2.08. The maximum absolute atomic E-state index is 5.97. The number of anilines is 2. The summed E-state index contributed by atoms with van der Waals surface area (Å²) in [7, 11) is 0. The molecule has 0 bridgehead atoms. The van der Waals surface area contributed by atoms with Crippen LogP contribution in [0.25, 0.3) is 0 Å². The van der Waals surface area contributed by atoms with Crippen molar-refractivity contribution in [3.8, 4) is 0 Å². The zero-order valence-corrected chi connectivity index (χ0v) is 13.1. The number of nitrogens with zero attached hydrogens (tertiary/aromatic N) is 2. The van der Waals surface area contributed by atoms with Crippen molar-refractivity contribution in [2.24, 2.45) is 0 Å². The molecule has 1 aromatic heterocycles. The Kier molecular flexibility index (Phi) is 5.14. The van der Waals surface area contributed by atoms with Gasteiger partial charge in [0.1, 0.15) is 17.5 Å². The third-order valence-corrected chi connectivity index (χ3v) is 3.65. The lowest BCUT2D eigenvalue weighted by Gasteiger charge is -2.12. The first-order valence-corrected chi connectivity index (χ1v) is 7.53. The van der Waals surface area contributed by atoms with Crippen LogP contribution < -0.4 is 11.1 Å². The van der Waals surface area contributed by atoms with E-state index in [1.165, 1.54) is 11.1 Å². The Morgan fingerprint density at radius 1 is 1.10 bits per heavy atom. The molecule has 0 unspecified atom stereocenters. The van der Waals surface area contributed by atoms with Crippen molar-refractivity contribution in [3.63, 3.8) is 0 Å². The van der Waals surface area contributed by atoms with E-state index >= 15 is 0 Å². The van der Waals surface area contributed by atoms with Gasteiger partial charge in [0, 0.05) is 18.5 Å². The molecule has 0 saturated heterocycles. The lowest BCUT2D eigenvalue weighted by Crippen LogP contribution is -2.12. The highest BCUT2D eigenvalue weighted by molar-refractivity contribution is 5.54. The second kappa shape index (κ2) is 7.07. The number of hydrogen-bond donors (Lipinski definition) is 2. The number of rotatable bonds is 6. The number of nitrogens with two attached hydrogens (primary N) is 1. The molecule has 3 N–H and O–H groups in total. The molecule has 1 heterocycles. The molecule has 0 radical (unpaired) electrons. The first-order chi connectivity index (χ1) is 10.1. The fourth-order valence-electron chi connectivity index (χ4n) is 2.30. The van der Waals surface area contributed by atoms with Crippen LogP contribution in [0, 0.1) is 13.8 Å². The molecule has 1 aromatic carbocycles. The van der Waals surface area contributed by atoms with Gasteiger partial charge in [0.05, 0.1) is 0 Å². The number of aromatic nitrogens is 2. The Bertz CT molecular complexity index is 608. The standard InChI is InChI=1S/C17H24N4/c1-4-7-15-20-16(18)13(3)17(21-15)19-11-10-14-9-6-5-8-12(14)2/h5-6,8-9H,4,7,10-11H2,1-3H3,(H3,18,19,20,21). The van der Waals surface area contributed by atoms with E-state index in [0.717, 1.165) is 43.0 Å². The van der Waals surface area contributed by atoms with Crippen LogP contribution in [0.1, 0.15) is 35.9 Å². The Balaban J connectivity index is 2.04. The summed E-state index contributed by atoms with van der Waals surface area (Å²) < 4.78 is 0. The van der Waals surface area contributed by atoms with E-state index in [2.05, 4.69) is 53.4 Å². The van der Waals surface area contributed by atoms with Crippen LogP contribution in [0.5, 0.6) is 0 Å². The topological polar surface area (TPSA) is 63.8 Å². The van der Waals surface area contributed by atoms with Gasteiger partial charge in [-0.2, -0.15) is 0 Å². The number of hydrogen-bond acceptors (Lipinski definition) is 4. The maximum Gasteiger partial charge on any atom is 0.134 e. The number of nitrogen functional groups attached to an aromatic ring is 1. The van der Waals surface area contributed by atoms with E-state index in [1.807, 2.05) is 6.92 Å². The van der Waals surface area contributed by atoms with E-state index in [-0.39, 0.29) is 0 Å². The Hall–Kier alpha value is -2.10. The van der Waals surface area contributed by atoms with E-state index in [4.69, 9.17) is 5.73 Å². The van der Waals surface area contributed by atoms with Crippen LogP contribution in [0.4, 0.5) is 11.6 Å². The second-order valence-corrected chi connectivity index (χ2v) is 5.35. The van der Waals surface area contributed by atoms with E-state index < -0.39 is 0 Å². The zero-order chi connectivity index (χ0) is 15.2. The van der Waals surface area contributed by atoms with Crippen molar-refractivity contribution < 1.29 is 0 Å². The summed E-state index contributed by atoms with van der Waals surface area (Å²) in [6.07, 6.45) is 2.85. The van der Waals surface area contributed by atoms with Crippen LogP contribution in [-0.4, -0.2) is 16.5 Å². The molecule has 0 aliphatic heterocycles. The summed E-state index contributed by atoms with van der Waals surface area (Å²) in [5.41, 5.74) is 9.58. The summed E-state index contributed by atoms with van der Waals surface area (Å²) in [4.78, 5) is 8.90. The van der Waals surface area contributed by atoms with Gasteiger partial charge in [-0.15, -0.1) is 0 Å². The monoisotopic (exact) mass is 284 g/mol. The van der Waals surface area contributed by atoms with Gasteiger partial charge >= 0.3 is 0 Å². The highest BCUT2D eigenvalue weighted by Crippen LogP contribution is 2.18. The molecule has 0 atom stereocenters. The lowest BCUT2D eigenvalue weighted by atomic mass is 10.1. The molecule has 2 rings (SSSR count). The molecule has 112 valence electrons. The largest absolute Gasteiger partial charge is 0.383 e. The molecule has 0 spiro atoms. The van der Waals surface area contributed by atoms with Gasteiger partial charge in [0.2, 0.25) is 0 Å². The van der Waals surface area contributed by atoms with Crippen molar-refractivity contribution in [2.75, 3.05) is 17.6 Å². The van der Waals surface area contributed by atoms with Gasteiger partial charge in [-0.3, -0.25) is 0 Å². The molecule has 2 aromatic rings. The zero-order valence-electron chi connectivity index (χ0n) is 13.1. The fraction of sp³-hybridized carbons (Fsp3) is 0.412. The molecule has 0 amide bonds. The van der Waals surface area contributed by atoms with E-state index in [0.29, 0.717) is 5.82 Å². The molecule has 0 fully saturated rings. The average molecular weight is 284 g/mol. The number of benzene rings is 1. The molecule has 0 aliphatic rings. The minimum absolute atomic E-state index is 0.576. The average Bonchev–Trinajstić information content (AvgIpc) is 2.46. The summed E-state index contributed by atoms with van der Waals surface area (Å²) >= 11 is 0. The van der Waals surface area contributed by atoms with Crippen LogP contribution in [-0.2, 0) is 12.8 Å². The second-order valence-electron chi connectivity index (χ2n) is 5.35. The molecule has 4 nitrogen and oxygen atoms in total. The van der Waals surface area contributed by atoms with Crippen molar-refractivity contribution in [2.45, 2.75) is 40.0 Å². The maximum atomic E-state index is 5.97. The minimum Gasteiger partial charge on any atom is -0.383 e. The highest BCUT2D eigenvalue weighted by atomic mass is 15.1. The number of aryl methyl sites for hydroxylation is 2. The molecule has 0 aliphatic carbocycles. The molecular weight excluding hydrogens is 260 g/mol. The van der Waals surface area contributed by atoms with Crippen LogP contribution in [0.3, 0.4) is 0 Å².